The molecule has 8 heteroatoms. The Bertz CT molecular complexity index is 900. The Balaban J connectivity index is 1.63. The first-order valence-corrected chi connectivity index (χ1v) is 10.1. The molecule has 1 fully saturated rings. The lowest BCUT2D eigenvalue weighted by Crippen LogP contribution is -2.46. The number of rotatable bonds is 6. The third-order valence-corrected chi connectivity index (χ3v) is 6.48. The van der Waals surface area contributed by atoms with Gasteiger partial charge in [0.1, 0.15) is 17.7 Å². The van der Waals surface area contributed by atoms with Crippen LogP contribution in [-0.4, -0.2) is 37.8 Å². The van der Waals surface area contributed by atoms with Crippen molar-refractivity contribution in [2.75, 3.05) is 13.1 Å². The molecule has 1 heterocycles. The van der Waals surface area contributed by atoms with E-state index >= 15 is 0 Å². The van der Waals surface area contributed by atoms with Crippen LogP contribution in [0, 0.1) is 11.6 Å². The molecule has 1 aliphatic rings. The van der Waals surface area contributed by atoms with Crippen LogP contribution < -0.4 is 5.32 Å². The molecule has 144 valence electrons. The largest absolute Gasteiger partial charge is 0.354 e. The predicted octanol–water partition coefficient (Wildman–Crippen LogP) is 2.48. The second-order valence-corrected chi connectivity index (χ2v) is 8.29. The molecule has 0 radical (unpaired) electrons. The molecule has 1 unspecified atom stereocenters. The Morgan fingerprint density at radius 1 is 1.04 bits per heavy atom. The summed E-state index contributed by atoms with van der Waals surface area (Å²) in [6, 6.07) is 9.77. The Kier molecular flexibility index (Phi) is 5.86. The van der Waals surface area contributed by atoms with Crippen molar-refractivity contribution in [1.82, 2.24) is 9.62 Å². The molecule has 1 atom stereocenters. The van der Waals surface area contributed by atoms with Crippen LogP contribution in [0.15, 0.2) is 53.4 Å². The fraction of sp³-hybridized carbons (Fsp3) is 0.316. The number of nitrogens with one attached hydrogen (secondary N) is 1. The van der Waals surface area contributed by atoms with Crippen LogP contribution >= 0.6 is 0 Å². The van der Waals surface area contributed by atoms with Crippen LogP contribution in [0.1, 0.15) is 18.4 Å². The van der Waals surface area contributed by atoms with Gasteiger partial charge in [-0.2, -0.15) is 4.31 Å². The van der Waals surface area contributed by atoms with Gasteiger partial charge in [-0.1, -0.05) is 12.1 Å². The van der Waals surface area contributed by atoms with Crippen molar-refractivity contribution in [3.05, 3.63) is 65.7 Å². The van der Waals surface area contributed by atoms with Gasteiger partial charge in [0, 0.05) is 13.1 Å². The zero-order valence-corrected chi connectivity index (χ0v) is 15.4. The first-order valence-electron chi connectivity index (χ1n) is 8.67. The summed E-state index contributed by atoms with van der Waals surface area (Å²) in [5, 5.41) is 2.75. The predicted molar refractivity (Wildman–Crippen MR) is 96.4 cm³/mol. The first-order chi connectivity index (χ1) is 12.9. The van der Waals surface area contributed by atoms with E-state index in [4.69, 9.17) is 0 Å². The number of benzene rings is 2. The number of amides is 1. The van der Waals surface area contributed by atoms with Crippen molar-refractivity contribution in [2.45, 2.75) is 30.2 Å². The number of carbonyl (C=O) groups excluding carboxylic acids is 1. The summed E-state index contributed by atoms with van der Waals surface area (Å²) in [5.41, 5.74) is 0.874. The smallest absolute Gasteiger partial charge is 0.243 e. The molecule has 1 aliphatic heterocycles. The maximum atomic E-state index is 13.1. The molecule has 3 rings (SSSR count). The number of hydrogen-bond donors (Lipinski definition) is 1. The summed E-state index contributed by atoms with van der Waals surface area (Å²) < 4.78 is 52.7. The number of carbonyl (C=O) groups is 1. The minimum Gasteiger partial charge on any atom is -0.354 e. The van der Waals surface area contributed by atoms with Crippen LogP contribution in [0.5, 0.6) is 0 Å². The quantitative estimate of drug-likeness (QED) is 0.819. The van der Waals surface area contributed by atoms with Crippen LogP contribution in [0.25, 0.3) is 0 Å². The van der Waals surface area contributed by atoms with E-state index in [0.717, 1.165) is 17.7 Å². The SMILES string of the molecule is O=C(NCCc1ccc(F)cc1)C1CCCN1S(=O)(=O)c1ccc(F)cc1. The fourth-order valence-corrected chi connectivity index (χ4v) is 4.79. The van der Waals surface area contributed by atoms with Gasteiger partial charge in [-0.25, -0.2) is 17.2 Å². The van der Waals surface area contributed by atoms with E-state index < -0.39 is 21.9 Å². The zero-order chi connectivity index (χ0) is 19.4. The van der Waals surface area contributed by atoms with Gasteiger partial charge in [0.25, 0.3) is 0 Å². The Labute approximate surface area is 157 Å². The molecule has 5 nitrogen and oxygen atoms in total. The normalized spacial score (nSPS) is 17.8. The highest BCUT2D eigenvalue weighted by Crippen LogP contribution is 2.26. The first kappa shape index (κ1) is 19.4. The van der Waals surface area contributed by atoms with E-state index in [2.05, 4.69) is 5.32 Å². The lowest BCUT2D eigenvalue weighted by molar-refractivity contribution is -0.124. The topological polar surface area (TPSA) is 66.5 Å². The lowest BCUT2D eigenvalue weighted by Gasteiger charge is -2.23. The molecule has 1 saturated heterocycles. The number of nitrogens with zero attached hydrogens (tertiary/aromatic N) is 1. The number of hydrogen-bond acceptors (Lipinski definition) is 3. The van der Waals surface area contributed by atoms with Gasteiger partial charge in [0.2, 0.25) is 15.9 Å². The van der Waals surface area contributed by atoms with Crippen LogP contribution in [0.4, 0.5) is 8.78 Å². The standard InChI is InChI=1S/C19H20F2N2O3S/c20-15-5-3-14(4-6-15)11-12-22-19(24)18-2-1-13-23(18)27(25,26)17-9-7-16(21)8-10-17/h3-10,18H,1-2,11-13H2,(H,22,24). The van der Waals surface area contributed by atoms with Gasteiger partial charge in [-0.05, 0) is 61.2 Å². The van der Waals surface area contributed by atoms with Crippen LogP contribution in [-0.2, 0) is 21.2 Å². The average molecular weight is 394 g/mol. The van der Waals surface area contributed by atoms with E-state index in [9.17, 15) is 22.0 Å². The Hall–Kier alpha value is -2.32. The van der Waals surface area contributed by atoms with Crippen molar-refractivity contribution in [2.24, 2.45) is 0 Å². The molecule has 1 amide bonds. The van der Waals surface area contributed by atoms with Gasteiger partial charge in [0.05, 0.1) is 4.90 Å². The third kappa shape index (κ3) is 4.51. The van der Waals surface area contributed by atoms with E-state index in [-0.39, 0.29) is 23.2 Å². The summed E-state index contributed by atoms with van der Waals surface area (Å²) in [6.07, 6.45) is 1.53. The van der Waals surface area contributed by atoms with Gasteiger partial charge >= 0.3 is 0 Å². The molecule has 1 N–H and O–H groups in total. The summed E-state index contributed by atoms with van der Waals surface area (Å²) in [5.74, 6) is -1.21. The van der Waals surface area contributed by atoms with E-state index in [1.165, 1.54) is 28.6 Å². The summed E-state index contributed by atoms with van der Waals surface area (Å²) >= 11 is 0. The Morgan fingerprint density at radius 3 is 2.26 bits per heavy atom. The lowest BCUT2D eigenvalue weighted by atomic mass is 10.1. The minimum atomic E-state index is -3.87. The number of sulfonamides is 1. The highest BCUT2D eigenvalue weighted by Gasteiger charge is 2.39. The summed E-state index contributed by atoms with van der Waals surface area (Å²) in [7, 11) is -3.87. The maximum absolute atomic E-state index is 13.1. The molecule has 27 heavy (non-hydrogen) atoms. The van der Waals surface area contributed by atoms with Crippen LogP contribution in [0.2, 0.25) is 0 Å². The van der Waals surface area contributed by atoms with E-state index in [0.29, 0.717) is 25.8 Å². The molecular weight excluding hydrogens is 374 g/mol. The molecule has 2 aromatic rings. The molecule has 0 saturated carbocycles. The van der Waals surface area contributed by atoms with E-state index in [1.54, 1.807) is 12.1 Å². The fourth-order valence-electron chi connectivity index (χ4n) is 3.13. The average Bonchev–Trinajstić information content (AvgIpc) is 3.14. The molecule has 0 bridgehead atoms. The molecule has 0 aromatic heterocycles. The zero-order valence-electron chi connectivity index (χ0n) is 14.6. The summed E-state index contributed by atoms with van der Waals surface area (Å²) in [6.45, 7) is 0.571. The highest BCUT2D eigenvalue weighted by molar-refractivity contribution is 7.89. The second kappa shape index (κ2) is 8.14. The third-order valence-electron chi connectivity index (χ3n) is 4.55. The van der Waals surface area contributed by atoms with E-state index in [1.807, 2.05) is 0 Å². The molecule has 2 aromatic carbocycles. The monoisotopic (exact) mass is 394 g/mol. The van der Waals surface area contributed by atoms with Gasteiger partial charge in [-0.15, -0.1) is 0 Å². The van der Waals surface area contributed by atoms with Crippen molar-refractivity contribution < 1.29 is 22.0 Å². The molecular formula is C19H20F2N2O3S. The minimum absolute atomic E-state index is 0.0325. The molecule has 0 spiro atoms. The maximum Gasteiger partial charge on any atom is 0.243 e. The van der Waals surface area contributed by atoms with Crippen molar-refractivity contribution in [3.8, 4) is 0 Å². The molecule has 0 aliphatic carbocycles. The highest BCUT2D eigenvalue weighted by atomic mass is 32.2. The van der Waals surface area contributed by atoms with Crippen molar-refractivity contribution in [3.63, 3.8) is 0 Å². The van der Waals surface area contributed by atoms with Gasteiger partial charge < -0.3 is 5.32 Å². The second-order valence-electron chi connectivity index (χ2n) is 6.40. The van der Waals surface area contributed by atoms with Crippen molar-refractivity contribution in [1.29, 1.82) is 0 Å². The van der Waals surface area contributed by atoms with Crippen molar-refractivity contribution >= 4 is 15.9 Å². The van der Waals surface area contributed by atoms with Gasteiger partial charge in [0.15, 0.2) is 0 Å². The van der Waals surface area contributed by atoms with Crippen LogP contribution in [0.3, 0.4) is 0 Å². The Morgan fingerprint density at radius 2 is 1.63 bits per heavy atom. The summed E-state index contributed by atoms with van der Waals surface area (Å²) in [4.78, 5) is 12.5. The van der Waals surface area contributed by atoms with Gasteiger partial charge in [-0.3, -0.25) is 4.79 Å². The number of halogens is 2.